The number of nitrogen functional groups attached to an aromatic ring is 1. The molecule has 19 heavy (non-hydrogen) atoms. The number of aryl methyl sites for hydroxylation is 1. The highest BCUT2D eigenvalue weighted by Gasteiger charge is 2.18. The molecule has 5 heteroatoms. The van der Waals surface area contributed by atoms with E-state index in [4.69, 9.17) is 5.84 Å². The topological polar surface area (TPSA) is 80.0 Å². The van der Waals surface area contributed by atoms with Crippen LogP contribution in [0.4, 0.5) is 5.69 Å². The van der Waals surface area contributed by atoms with E-state index in [0.717, 1.165) is 18.5 Å². The molecule has 4 N–H and O–H groups in total. The zero-order valence-corrected chi connectivity index (χ0v) is 11.4. The van der Waals surface area contributed by atoms with Gasteiger partial charge in [-0.1, -0.05) is 25.7 Å². The lowest BCUT2D eigenvalue weighted by Crippen LogP contribution is -2.35. The van der Waals surface area contributed by atoms with E-state index in [9.17, 15) is 4.79 Å². The maximum atomic E-state index is 12.3. The molecule has 0 spiro atoms. The van der Waals surface area contributed by atoms with Gasteiger partial charge in [-0.15, -0.1) is 0 Å². The normalized spacial score (nSPS) is 16.7. The van der Waals surface area contributed by atoms with Gasteiger partial charge in [0.25, 0.3) is 5.91 Å². The number of pyridine rings is 1. The van der Waals surface area contributed by atoms with Gasteiger partial charge in [0.15, 0.2) is 0 Å². The second-order valence-electron chi connectivity index (χ2n) is 5.18. The summed E-state index contributed by atoms with van der Waals surface area (Å²) in [5, 5.41) is 3.09. The Hall–Kier alpha value is -1.62. The number of aromatic nitrogens is 1. The molecule has 0 aliphatic heterocycles. The van der Waals surface area contributed by atoms with E-state index in [2.05, 4.69) is 15.7 Å². The Labute approximate surface area is 114 Å². The van der Waals surface area contributed by atoms with E-state index in [0.29, 0.717) is 11.3 Å². The van der Waals surface area contributed by atoms with Gasteiger partial charge >= 0.3 is 0 Å². The van der Waals surface area contributed by atoms with Crippen molar-refractivity contribution in [1.82, 2.24) is 10.3 Å². The van der Waals surface area contributed by atoms with Crippen molar-refractivity contribution in [2.45, 2.75) is 51.5 Å². The number of anilines is 1. The number of rotatable bonds is 3. The third kappa shape index (κ3) is 3.67. The summed E-state index contributed by atoms with van der Waals surface area (Å²) in [6, 6.07) is 2.06. The summed E-state index contributed by atoms with van der Waals surface area (Å²) in [6.45, 7) is 1.87. The number of hydrazine groups is 1. The molecule has 0 atom stereocenters. The fourth-order valence-electron chi connectivity index (χ4n) is 2.55. The van der Waals surface area contributed by atoms with Crippen molar-refractivity contribution in [2.75, 3.05) is 5.43 Å². The highest BCUT2D eigenvalue weighted by atomic mass is 16.1. The van der Waals surface area contributed by atoms with Crippen LogP contribution in [0, 0.1) is 6.92 Å². The van der Waals surface area contributed by atoms with Crippen LogP contribution in [-0.4, -0.2) is 16.9 Å². The van der Waals surface area contributed by atoms with Gasteiger partial charge in [0, 0.05) is 17.9 Å². The summed E-state index contributed by atoms with van der Waals surface area (Å²) in [7, 11) is 0. The van der Waals surface area contributed by atoms with Gasteiger partial charge in [0.2, 0.25) is 0 Å². The number of carbonyl (C=O) groups is 1. The predicted molar refractivity (Wildman–Crippen MR) is 75.7 cm³/mol. The van der Waals surface area contributed by atoms with Gasteiger partial charge in [-0.05, 0) is 25.8 Å². The van der Waals surface area contributed by atoms with Crippen molar-refractivity contribution < 1.29 is 4.79 Å². The fraction of sp³-hybridized carbons (Fsp3) is 0.571. The quantitative estimate of drug-likeness (QED) is 0.443. The van der Waals surface area contributed by atoms with E-state index >= 15 is 0 Å². The Morgan fingerprint density at radius 1 is 1.32 bits per heavy atom. The third-order valence-corrected chi connectivity index (χ3v) is 3.63. The second-order valence-corrected chi connectivity index (χ2v) is 5.18. The van der Waals surface area contributed by atoms with Crippen LogP contribution in [0.3, 0.4) is 0 Å². The summed E-state index contributed by atoms with van der Waals surface area (Å²) >= 11 is 0. The van der Waals surface area contributed by atoms with Crippen LogP contribution >= 0.6 is 0 Å². The Balaban J connectivity index is 2.06. The molecular weight excluding hydrogens is 240 g/mol. The van der Waals surface area contributed by atoms with Gasteiger partial charge in [-0.3, -0.25) is 15.6 Å². The molecule has 1 aromatic heterocycles. The maximum absolute atomic E-state index is 12.3. The van der Waals surface area contributed by atoms with Crippen LogP contribution in [-0.2, 0) is 0 Å². The number of nitrogens with zero attached hydrogens (tertiary/aromatic N) is 1. The van der Waals surface area contributed by atoms with Crippen LogP contribution < -0.4 is 16.6 Å². The molecule has 104 valence electrons. The highest BCUT2D eigenvalue weighted by Crippen LogP contribution is 2.19. The molecule has 1 aliphatic carbocycles. The fourth-order valence-corrected chi connectivity index (χ4v) is 2.55. The lowest BCUT2D eigenvalue weighted by Gasteiger charge is -2.17. The molecule has 0 radical (unpaired) electrons. The first-order chi connectivity index (χ1) is 9.20. The SMILES string of the molecule is Cc1cc(NN)c(C(=O)NC2CCCCCC2)cn1. The van der Waals surface area contributed by atoms with Gasteiger partial charge < -0.3 is 10.7 Å². The van der Waals surface area contributed by atoms with Gasteiger partial charge in [-0.2, -0.15) is 0 Å². The molecule has 5 nitrogen and oxygen atoms in total. The van der Waals surface area contributed by atoms with E-state index in [-0.39, 0.29) is 11.9 Å². The predicted octanol–water partition coefficient (Wildman–Crippen LogP) is 2.13. The number of carbonyl (C=O) groups excluding carboxylic acids is 1. The van der Waals surface area contributed by atoms with Gasteiger partial charge in [0.05, 0.1) is 11.3 Å². The second kappa shape index (κ2) is 6.52. The Morgan fingerprint density at radius 3 is 2.63 bits per heavy atom. The van der Waals surface area contributed by atoms with Crippen molar-refractivity contribution in [3.05, 3.63) is 23.5 Å². The summed E-state index contributed by atoms with van der Waals surface area (Å²) in [5.74, 6) is 5.37. The molecule has 1 heterocycles. The van der Waals surface area contributed by atoms with Crippen LogP contribution in [0.2, 0.25) is 0 Å². The Bertz CT molecular complexity index is 439. The standard InChI is InChI=1S/C14H22N4O/c1-10-8-13(18-15)12(9-16-10)14(19)17-11-6-4-2-3-5-7-11/h8-9,11H,2-7,15H2,1H3,(H,16,18)(H,17,19). The molecule has 1 aliphatic rings. The first kappa shape index (κ1) is 13.8. The number of amides is 1. The Morgan fingerprint density at radius 2 is 2.00 bits per heavy atom. The average Bonchev–Trinajstić information content (AvgIpc) is 2.67. The number of hydrogen-bond acceptors (Lipinski definition) is 4. The van der Waals surface area contributed by atoms with E-state index in [1.54, 1.807) is 12.3 Å². The molecule has 0 bridgehead atoms. The van der Waals surface area contributed by atoms with Crippen molar-refractivity contribution >= 4 is 11.6 Å². The summed E-state index contributed by atoms with van der Waals surface area (Å²) in [5.41, 5.74) is 4.53. The minimum absolute atomic E-state index is 0.0904. The molecule has 0 aromatic carbocycles. The zero-order chi connectivity index (χ0) is 13.7. The largest absolute Gasteiger partial charge is 0.349 e. The molecular formula is C14H22N4O. The molecule has 0 unspecified atom stereocenters. The molecule has 1 saturated carbocycles. The number of nitrogens with one attached hydrogen (secondary N) is 2. The number of nitrogens with two attached hydrogens (primary N) is 1. The highest BCUT2D eigenvalue weighted by molar-refractivity contribution is 5.99. The average molecular weight is 262 g/mol. The van der Waals surface area contributed by atoms with E-state index in [1.807, 2.05) is 6.92 Å². The van der Waals surface area contributed by atoms with E-state index < -0.39 is 0 Å². The summed E-state index contributed by atoms with van der Waals surface area (Å²) < 4.78 is 0. The molecule has 1 aromatic rings. The van der Waals surface area contributed by atoms with Crippen LogP contribution in [0.5, 0.6) is 0 Å². The van der Waals surface area contributed by atoms with Gasteiger partial charge in [-0.25, -0.2) is 0 Å². The zero-order valence-electron chi connectivity index (χ0n) is 11.4. The van der Waals surface area contributed by atoms with Crippen molar-refractivity contribution in [3.8, 4) is 0 Å². The molecule has 1 amide bonds. The van der Waals surface area contributed by atoms with Crippen LogP contribution in [0.15, 0.2) is 12.3 Å². The minimum Gasteiger partial charge on any atom is -0.349 e. The van der Waals surface area contributed by atoms with Crippen LogP contribution in [0.25, 0.3) is 0 Å². The smallest absolute Gasteiger partial charge is 0.255 e. The minimum atomic E-state index is -0.0904. The summed E-state index contributed by atoms with van der Waals surface area (Å²) in [6.07, 6.45) is 8.64. The van der Waals surface area contributed by atoms with Crippen molar-refractivity contribution in [2.24, 2.45) is 5.84 Å². The maximum Gasteiger partial charge on any atom is 0.255 e. The monoisotopic (exact) mass is 262 g/mol. The summed E-state index contributed by atoms with van der Waals surface area (Å²) in [4.78, 5) is 16.4. The first-order valence-corrected chi connectivity index (χ1v) is 6.95. The number of hydrogen-bond donors (Lipinski definition) is 3. The molecule has 0 saturated heterocycles. The first-order valence-electron chi connectivity index (χ1n) is 6.95. The molecule has 2 rings (SSSR count). The lowest BCUT2D eigenvalue weighted by molar-refractivity contribution is 0.0934. The molecule has 1 fully saturated rings. The lowest BCUT2D eigenvalue weighted by atomic mass is 10.1. The van der Waals surface area contributed by atoms with Crippen LogP contribution in [0.1, 0.15) is 54.6 Å². The van der Waals surface area contributed by atoms with Crippen molar-refractivity contribution in [3.63, 3.8) is 0 Å². The Kier molecular flexibility index (Phi) is 4.74. The third-order valence-electron chi connectivity index (χ3n) is 3.63. The van der Waals surface area contributed by atoms with E-state index in [1.165, 1.54) is 25.7 Å². The van der Waals surface area contributed by atoms with Gasteiger partial charge in [0.1, 0.15) is 0 Å². The van der Waals surface area contributed by atoms with Crippen molar-refractivity contribution in [1.29, 1.82) is 0 Å².